The van der Waals surface area contributed by atoms with Crippen LogP contribution in [-0.2, 0) is 4.79 Å². The second-order valence-corrected chi connectivity index (χ2v) is 5.28. The predicted octanol–water partition coefficient (Wildman–Crippen LogP) is 3.08. The van der Waals surface area contributed by atoms with Crippen molar-refractivity contribution in [2.24, 2.45) is 4.99 Å². The van der Waals surface area contributed by atoms with Crippen LogP contribution in [0.2, 0.25) is 0 Å². The molecule has 0 unspecified atom stereocenters. The summed E-state index contributed by atoms with van der Waals surface area (Å²) in [5.41, 5.74) is 1.42. The predicted molar refractivity (Wildman–Crippen MR) is 96.6 cm³/mol. The van der Waals surface area contributed by atoms with E-state index in [9.17, 15) is 14.7 Å². The first kappa shape index (κ1) is 16.2. The first-order valence-electron chi connectivity index (χ1n) is 7.44. The maximum absolute atomic E-state index is 11.9. The van der Waals surface area contributed by atoms with Gasteiger partial charge in [0.2, 0.25) is 5.88 Å². The number of aliphatic imine (C=N–C) groups is 1. The largest absolute Gasteiger partial charge is 0.494 e. The Morgan fingerprint density at radius 3 is 2.40 bits per heavy atom. The molecule has 0 bridgehead atoms. The SMILES string of the molecule is O=C(O)C=Cc1ccc(N=Cc2c(O)[nH]c(=O)c3ccccc23)cc1. The van der Waals surface area contributed by atoms with Crippen LogP contribution in [-0.4, -0.2) is 27.4 Å². The maximum Gasteiger partial charge on any atom is 0.328 e. The molecule has 25 heavy (non-hydrogen) atoms. The summed E-state index contributed by atoms with van der Waals surface area (Å²) in [6.45, 7) is 0. The van der Waals surface area contributed by atoms with Crippen molar-refractivity contribution in [1.82, 2.24) is 4.98 Å². The molecular weight excluding hydrogens is 320 g/mol. The summed E-state index contributed by atoms with van der Waals surface area (Å²) in [7, 11) is 0. The van der Waals surface area contributed by atoms with Crippen molar-refractivity contribution in [3.8, 4) is 5.88 Å². The number of aromatic amines is 1. The van der Waals surface area contributed by atoms with E-state index < -0.39 is 5.97 Å². The van der Waals surface area contributed by atoms with Crippen molar-refractivity contribution in [2.45, 2.75) is 0 Å². The van der Waals surface area contributed by atoms with E-state index in [1.54, 1.807) is 48.5 Å². The molecule has 0 aliphatic carbocycles. The fourth-order valence-corrected chi connectivity index (χ4v) is 2.39. The highest BCUT2D eigenvalue weighted by Gasteiger charge is 2.08. The number of carboxylic acid groups (broad SMARTS) is 1. The van der Waals surface area contributed by atoms with Crippen LogP contribution in [0.4, 0.5) is 5.69 Å². The van der Waals surface area contributed by atoms with E-state index in [4.69, 9.17) is 5.11 Å². The van der Waals surface area contributed by atoms with Gasteiger partial charge in [0.1, 0.15) is 0 Å². The normalized spacial score (nSPS) is 11.5. The molecule has 0 aliphatic rings. The quantitative estimate of drug-likeness (QED) is 0.504. The van der Waals surface area contributed by atoms with Crippen LogP contribution in [0.5, 0.6) is 5.88 Å². The number of hydrogen-bond donors (Lipinski definition) is 3. The molecule has 6 nitrogen and oxygen atoms in total. The van der Waals surface area contributed by atoms with Gasteiger partial charge in [0, 0.05) is 23.1 Å². The van der Waals surface area contributed by atoms with Gasteiger partial charge in [-0.3, -0.25) is 14.8 Å². The lowest BCUT2D eigenvalue weighted by Crippen LogP contribution is -2.07. The number of aromatic hydroxyl groups is 1. The van der Waals surface area contributed by atoms with Crippen molar-refractivity contribution < 1.29 is 15.0 Å². The Bertz CT molecular complexity index is 1050. The molecule has 1 aromatic heterocycles. The van der Waals surface area contributed by atoms with Crippen LogP contribution < -0.4 is 5.56 Å². The Hall–Kier alpha value is -3.67. The minimum absolute atomic E-state index is 0.242. The summed E-state index contributed by atoms with van der Waals surface area (Å²) in [4.78, 5) is 29.1. The van der Waals surface area contributed by atoms with E-state index in [0.29, 0.717) is 22.0 Å². The molecule has 124 valence electrons. The first-order valence-corrected chi connectivity index (χ1v) is 7.44. The maximum atomic E-state index is 11.9. The minimum Gasteiger partial charge on any atom is -0.494 e. The second kappa shape index (κ2) is 6.84. The average Bonchev–Trinajstić information content (AvgIpc) is 2.61. The molecule has 0 amide bonds. The number of nitrogens with one attached hydrogen (secondary N) is 1. The molecule has 0 atom stereocenters. The van der Waals surface area contributed by atoms with Crippen LogP contribution >= 0.6 is 0 Å². The molecule has 0 aliphatic heterocycles. The summed E-state index contributed by atoms with van der Waals surface area (Å²) in [6.07, 6.45) is 4.02. The molecule has 0 saturated heterocycles. The topological polar surface area (TPSA) is 103 Å². The molecule has 0 saturated carbocycles. The van der Waals surface area contributed by atoms with Crippen molar-refractivity contribution in [2.75, 3.05) is 0 Å². The number of carbonyl (C=O) groups is 1. The highest BCUT2D eigenvalue weighted by molar-refractivity contribution is 6.01. The Morgan fingerprint density at radius 2 is 1.72 bits per heavy atom. The second-order valence-electron chi connectivity index (χ2n) is 5.28. The van der Waals surface area contributed by atoms with Crippen LogP contribution in [0.25, 0.3) is 16.8 Å². The number of aliphatic carboxylic acids is 1. The van der Waals surface area contributed by atoms with E-state index in [-0.39, 0.29) is 11.4 Å². The molecule has 0 radical (unpaired) electrons. The highest BCUT2D eigenvalue weighted by atomic mass is 16.4. The van der Waals surface area contributed by atoms with Crippen LogP contribution in [0.3, 0.4) is 0 Å². The Balaban J connectivity index is 1.94. The zero-order valence-corrected chi connectivity index (χ0v) is 13.0. The van der Waals surface area contributed by atoms with Crippen molar-refractivity contribution >= 4 is 34.7 Å². The van der Waals surface area contributed by atoms with Gasteiger partial charge in [-0.05, 0) is 29.8 Å². The first-order chi connectivity index (χ1) is 12.0. The Kier molecular flexibility index (Phi) is 4.43. The van der Waals surface area contributed by atoms with E-state index in [1.807, 2.05) is 0 Å². The van der Waals surface area contributed by atoms with Crippen molar-refractivity contribution in [3.63, 3.8) is 0 Å². The highest BCUT2D eigenvalue weighted by Crippen LogP contribution is 2.22. The summed E-state index contributed by atoms with van der Waals surface area (Å²) in [5, 5.41) is 19.7. The third kappa shape index (κ3) is 3.64. The fraction of sp³-hybridized carbons (Fsp3) is 0. The lowest BCUT2D eigenvalue weighted by molar-refractivity contribution is -0.131. The van der Waals surface area contributed by atoms with E-state index in [0.717, 1.165) is 11.6 Å². The zero-order valence-electron chi connectivity index (χ0n) is 13.0. The average molecular weight is 334 g/mol. The number of carboxylic acids is 1. The van der Waals surface area contributed by atoms with E-state index >= 15 is 0 Å². The van der Waals surface area contributed by atoms with Gasteiger partial charge < -0.3 is 10.2 Å². The van der Waals surface area contributed by atoms with Gasteiger partial charge in [-0.2, -0.15) is 0 Å². The third-order valence-electron chi connectivity index (χ3n) is 3.60. The van der Waals surface area contributed by atoms with Gasteiger partial charge in [-0.15, -0.1) is 0 Å². The molecule has 2 aromatic carbocycles. The van der Waals surface area contributed by atoms with Gasteiger partial charge in [-0.1, -0.05) is 30.3 Å². The zero-order chi connectivity index (χ0) is 17.8. The summed E-state index contributed by atoms with van der Waals surface area (Å²) >= 11 is 0. The summed E-state index contributed by atoms with van der Waals surface area (Å²) in [5.74, 6) is -1.25. The van der Waals surface area contributed by atoms with Crippen molar-refractivity contribution in [3.05, 3.63) is 76.1 Å². The van der Waals surface area contributed by atoms with E-state index in [2.05, 4.69) is 9.98 Å². The number of rotatable bonds is 4. The molecule has 3 N–H and O–H groups in total. The third-order valence-corrected chi connectivity index (χ3v) is 3.60. The summed E-state index contributed by atoms with van der Waals surface area (Å²) in [6, 6.07) is 13.9. The minimum atomic E-state index is -1.01. The lowest BCUT2D eigenvalue weighted by atomic mass is 10.1. The van der Waals surface area contributed by atoms with E-state index in [1.165, 1.54) is 12.3 Å². The monoisotopic (exact) mass is 334 g/mol. The number of hydrogen-bond acceptors (Lipinski definition) is 4. The molecule has 0 fully saturated rings. The van der Waals surface area contributed by atoms with Crippen LogP contribution in [0.1, 0.15) is 11.1 Å². The molecule has 3 rings (SSSR count). The van der Waals surface area contributed by atoms with Gasteiger partial charge in [0.15, 0.2) is 0 Å². The number of H-pyrrole nitrogens is 1. The van der Waals surface area contributed by atoms with Gasteiger partial charge in [0.05, 0.1) is 11.3 Å². The molecular formula is C19H14N2O4. The Morgan fingerprint density at radius 1 is 1.04 bits per heavy atom. The molecule has 3 aromatic rings. The summed E-state index contributed by atoms with van der Waals surface area (Å²) < 4.78 is 0. The number of fused-ring (bicyclic) bond motifs is 1. The number of aromatic nitrogens is 1. The molecule has 6 heteroatoms. The number of nitrogens with zero attached hydrogens (tertiary/aromatic N) is 1. The van der Waals surface area contributed by atoms with Crippen molar-refractivity contribution in [1.29, 1.82) is 0 Å². The van der Waals surface area contributed by atoms with Gasteiger partial charge in [0.25, 0.3) is 5.56 Å². The number of benzene rings is 2. The smallest absolute Gasteiger partial charge is 0.328 e. The molecule has 1 heterocycles. The van der Waals surface area contributed by atoms with Gasteiger partial charge in [-0.25, -0.2) is 4.79 Å². The molecule has 0 spiro atoms. The Labute approximate surface area is 142 Å². The number of pyridine rings is 1. The lowest BCUT2D eigenvalue weighted by Gasteiger charge is -2.04. The van der Waals surface area contributed by atoms with Gasteiger partial charge >= 0.3 is 5.97 Å². The standard InChI is InChI=1S/C19H14N2O4/c22-17(23)10-7-12-5-8-13(9-6-12)20-11-16-14-3-1-2-4-15(14)18(24)21-19(16)25/h1-11H,(H,22,23)(H2,21,24,25). The fourth-order valence-electron chi connectivity index (χ4n) is 2.39. The van der Waals surface area contributed by atoms with Crippen LogP contribution in [0, 0.1) is 0 Å². The van der Waals surface area contributed by atoms with Crippen LogP contribution in [0.15, 0.2) is 64.4 Å².